The van der Waals surface area contributed by atoms with E-state index >= 15 is 0 Å². The molecule has 0 amide bonds. The normalized spacial score (nSPS) is 10.7. The van der Waals surface area contributed by atoms with Crippen LogP contribution in [0.3, 0.4) is 0 Å². The van der Waals surface area contributed by atoms with Crippen molar-refractivity contribution in [2.75, 3.05) is 23.3 Å². The van der Waals surface area contributed by atoms with E-state index < -0.39 is 0 Å². The molecule has 0 saturated heterocycles. The van der Waals surface area contributed by atoms with Gasteiger partial charge in [-0.15, -0.1) is 0 Å². The van der Waals surface area contributed by atoms with Crippen molar-refractivity contribution in [3.8, 4) is 0 Å². The minimum Gasteiger partial charge on any atom is -0.341 e. The zero-order valence-electron chi connectivity index (χ0n) is 14.4. The van der Waals surface area contributed by atoms with Gasteiger partial charge in [-0.3, -0.25) is 0 Å². The summed E-state index contributed by atoms with van der Waals surface area (Å²) in [4.78, 5) is 11.6. The summed E-state index contributed by atoms with van der Waals surface area (Å²) in [6.07, 6.45) is 2.18. The van der Waals surface area contributed by atoms with Gasteiger partial charge in [-0.05, 0) is 50.5 Å². The molecule has 0 fully saturated rings. The Hall–Kier alpha value is -1.62. The third kappa shape index (κ3) is 4.93. The molecule has 1 aromatic carbocycles. The number of halogens is 1. The van der Waals surface area contributed by atoms with Crippen molar-refractivity contribution in [1.82, 2.24) is 9.97 Å². The lowest BCUT2D eigenvalue weighted by molar-refractivity contribution is 0.720. The quantitative estimate of drug-likeness (QED) is 0.718. The van der Waals surface area contributed by atoms with Crippen molar-refractivity contribution in [1.29, 1.82) is 0 Å². The minimum atomic E-state index is 0.810. The van der Waals surface area contributed by atoms with Crippen LogP contribution in [-0.2, 0) is 0 Å². The number of benzene rings is 1. The monoisotopic (exact) mass is 376 g/mol. The first-order valence-corrected chi connectivity index (χ1v) is 8.96. The van der Waals surface area contributed by atoms with E-state index in [0.29, 0.717) is 0 Å². The maximum atomic E-state index is 4.71. The zero-order chi connectivity index (χ0) is 16.8. The Morgan fingerprint density at radius 2 is 1.74 bits per heavy atom. The zero-order valence-corrected chi connectivity index (χ0v) is 15.9. The summed E-state index contributed by atoms with van der Waals surface area (Å²) in [5.74, 6) is 1.65. The summed E-state index contributed by atoms with van der Waals surface area (Å²) < 4.78 is 1.11. The molecule has 0 saturated carbocycles. The van der Waals surface area contributed by atoms with Gasteiger partial charge in [-0.25, -0.2) is 4.98 Å². The molecule has 0 spiro atoms. The van der Waals surface area contributed by atoms with E-state index in [0.717, 1.165) is 53.6 Å². The van der Waals surface area contributed by atoms with Gasteiger partial charge in [0.15, 0.2) is 0 Å². The lowest BCUT2D eigenvalue weighted by Crippen LogP contribution is -2.27. The van der Waals surface area contributed by atoms with Crippen molar-refractivity contribution in [2.24, 2.45) is 0 Å². The van der Waals surface area contributed by atoms with Crippen LogP contribution in [0.1, 0.15) is 37.9 Å². The molecule has 2 rings (SSSR count). The van der Waals surface area contributed by atoms with Crippen LogP contribution in [0.4, 0.5) is 17.5 Å². The second-order valence-corrected chi connectivity index (χ2v) is 6.62. The first-order chi connectivity index (χ1) is 11.0. The summed E-state index contributed by atoms with van der Waals surface area (Å²) in [6, 6.07) is 8.19. The molecule has 4 nitrogen and oxygen atoms in total. The highest BCUT2D eigenvalue weighted by atomic mass is 79.9. The summed E-state index contributed by atoms with van der Waals surface area (Å²) in [5, 5.41) is 3.39. The van der Waals surface area contributed by atoms with Gasteiger partial charge in [0.1, 0.15) is 5.82 Å². The number of aromatic nitrogens is 2. The fraction of sp³-hybridized carbons (Fsp3) is 0.444. The third-order valence-electron chi connectivity index (χ3n) is 3.54. The van der Waals surface area contributed by atoms with Crippen molar-refractivity contribution in [3.63, 3.8) is 0 Å². The Balaban J connectivity index is 2.26. The number of hydrogen-bond donors (Lipinski definition) is 1. The van der Waals surface area contributed by atoms with E-state index in [9.17, 15) is 0 Å². The molecule has 1 heterocycles. The van der Waals surface area contributed by atoms with Gasteiger partial charge in [0, 0.05) is 35.0 Å². The Bertz CT molecular complexity index is 651. The van der Waals surface area contributed by atoms with Gasteiger partial charge in [0.2, 0.25) is 5.95 Å². The molecule has 2 aromatic rings. The van der Waals surface area contributed by atoms with Gasteiger partial charge in [-0.2, -0.15) is 4.98 Å². The van der Waals surface area contributed by atoms with E-state index in [-0.39, 0.29) is 0 Å². The molecule has 124 valence electrons. The number of rotatable bonds is 7. The van der Waals surface area contributed by atoms with Crippen molar-refractivity contribution < 1.29 is 0 Å². The molecule has 0 aliphatic carbocycles. The molecular formula is C18H25BrN4. The molecule has 0 aliphatic heterocycles. The highest BCUT2D eigenvalue weighted by molar-refractivity contribution is 9.10. The van der Waals surface area contributed by atoms with Crippen molar-refractivity contribution in [3.05, 3.63) is 40.0 Å². The fourth-order valence-electron chi connectivity index (χ4n) is 2.48. The van der Waals surface area contributed by atoms with Crippen LogP contribution < -0.4 is 10.2 Å². The van der Waals surface area contributed by atoms with Crippen molar-refractivity contribution in [2.45, 2.75) is 40.5 Å². The molecule has 23 heavy (non-hydrogen) atoms. The van der Waals surface area contributed by atoms with E-state index in [4.69, 9.17) is 4.98 Å². The molecule has 1 aromatic heterocycles. The summed E-state index contributed by atoms with van der Waals surface area (Å²) >= 11 is 3.53. The molecule has 0 atom stereocenters. The maximum Gasteiger partial charge on any atom is 0.227 e. The highest BCUT2D eigenvalue weighted by Gasteiger charge is 2.10. The average Bonchev–Trinajstić information content (AvgIpc) is 2.50. The SMILES string of the molecule is CCCN(CCC)c1nc(C)cc(Nc2ccc(Br)c(C)c2)n1. The second-order valence-electron chi connectivity index (χ2n) is 5.77. The summed E-state index contributed by atoms with van der Waals surface area (Å²) in [5.41, 5.74) is 3.20. The van der Waals surface area contributed by atoms with Crippen LogP contribution in [0.25, 0.3) is 0 Å². The molecule has 0 unspecified atom stereocenters. The number of hydrogen-bond acceptors (Lipinski definition) is 4. The van der Waals surface area contributed by atoms with E-state index in [1.807, 2.05) is 25.1 Å². The first kappa shape index (κ1) is 17.7. The molecule has 0 aliphatic rings. The third-order valence-corrected chi connectivity index (χ3v) is 4.43. The largest absolute Gasteiger partial charge is 0.341 e. The van der Waals surface area contributed by atoms with Crippen LogP contribution in [0.2, 0.25) is 0 Å². The van der Waals surface area contributed by atoms with E-state index in [1.54, 1.807) is 0 Å². The fourth-order valence-corrected chi connectivity index (χ4v) is 2.73. The standard InChI is InChI=1S/C18H25BrN4/c1-5-9-23(10-6-2)18-20-14(4)12-17(22-18)21-15-7-8-16(19)13(3)11-15/h7-8,11-12H,5-6,9-10H2,1-4H3,(H,20,21,22). The first-order valence-electron chi connectivity index (χ1n) is 8.17. The van der Waals surface area contributed by atoms with E-state index in [1.165, 1.54) is 5.56 Å². The number of anilines is 3. The number of nitrogens with one attached hydrogen (secondary N) is 1. The van der Waals surface area contributed by atoms with Crippen LogP contribution >= 0.6 is 15.9 Å². The van der Waals surface area contributed by atoms with Crippen LogP contribution in [0, 0.1) is 13.8 Å². The van der Waals surface area contributed by atoms with Crippen LogP contribution in [-0.4, -0.2) is 23.1 Å². The van der Waals surface area contributed by atoms with Gasteiger partial charge in [0.25, 0.3) is 0 Å². The predicted molar refractivity (Wildman–Crippen MR) is 102 cm³/mol. The molecule has 5 heteroatoms. The summed E-state index contributed by atoms with van der Waals surface area (Å²) in [6.45, 7) is 10.4. The van der Waals surface area contributed by atoms with Gasteiger partial charge in [0.05, 0.1) is 0 Å². The molecular weight excluding hydrogens is 352 g/mol. The second kappa shape index (κ2) is 8.29. The molecule has 0 bridgehead atoms. The van der Waals surface area contributed by atoms with Gasteiger partial charge < -0.3 is 10.2 Å². The highest BCUT2D eigenvalue weighted by Crippen LogP contribution is 2.23. The lowest BCUT2D eigenvalue weighted by atomic mass is 10.2. The van der Waals surface area contributed by atoms with Crippen LogP contribution in [0.15, 0.2) is 28.7 Å². The Kier molecular flexibility index (Phi) is 6.39. The van der Waals surface area contributed by atoms with Gasteiger partial charge >= 0.3 is 0 Å². The Labute approximate surface area is 147 Å². The predicted octanol–water partition coefficient (Wildman–Crippen LogP) is 5.23. The average molecular weight is 377 g/mol. The van der Waals surface area contributed by atoms with Crippen LogP contribution in [0.5, 0.6) is 0 Å². The minimum absolute atomic E-state index is 0.810. The van der Waals surface area contributed by atoms with E-state index in [2.05, 4.69) is 58.0 Å². The number of aryl methyl sites for hydroxylation is 2. The topological polar surface area (TPSA) is 41.1 Å². The Morgan fingerprint density at radius 1 is 1.04 bits per heavy atom. The summed E-state index contributed by atoms with van der Waals surface area (Å²) in [7, 11) is 0. The molecule has 1 N–H and O–H groups in total. The maximum absolute atomic E-state index is 4.71. The lowest BCUT2D eigenvalue weighted by Gasteiger charge is -2.22. The smallest absolute Gasteiger partial charge is 0.227 e. The van der Waals surface area contributed by atoms with Crippen molar-refractivity contribution >= 4 is 33.4 Å². The molecule has 0 radical (unpaired) electrons. The van der Waals surface area contributed by atoms with Gasteiger partial charge in [-0.1, -0.05) is 29.8 Å². The number of nitrogens with zero attached hydrogens (tertiary/aromatic N) is 3. The Morgan fingerprint density at radius 3 is 2.35 bits per heavy atom.